The summed E-state index contributed by atoms with van der Waals surface area (Å²) in [5, 5.41) is 1.54. The molecule has 4 aromatic carbocycles. The predicted molar refractivity (Wildman–Crippen MR) is 183 cm³/mol. The molecule has 45 heavy (non-hydrogen) atoms. The normalized spacial score (nSPS) is 15.1. The number of fused-ring (bicyclic) bond motifs is 3. The molecule has 0 nitrogen and oxygen atoms in total. The molecule has 0 amide bonds. The first-order valence-electron chi connectivity index (χ1n) is 15.5. The maximum absolute atomic E-state index is 6.49. The summed E-state index contributed by atoms with van der Waals surface area (Å²) in [6, 6.07) is 31.5. The Labute approximate surface area is 299 Å². The fourth-order valence-electron chi connectivity index (χ4n) is 6.90. The summed E-state index contributed by atoms with van der Waals surface area (Å²) in [6.45, 7) is 13.9. The van der Waals surface area contributed by atoms with Crippen molar-refractivity contribution in [2.24, 2.45) is 11.3 Å². The van der Waals surface area contributed by atoms with Gasteiger partial charge in [0, 0.05) is 0 Å². The zero-order chi connectivity index (χ0) is 30.5. The summed E-state index contributed by atoms with van der Waals surface area (Å²) in [5.41, 5.74) is 12.7. The second kappa shape index (κ2) is 14.6. The van der Waals surface area contributed by atoms with Gasteiger partial charge in [0.25, 0.3) is 0 Å². The molecule has 0 saturated heterocycles. The number of hydrogen-bond donors (Lipinski definition) is 0. The molecule has 2 aliphatic rings. The standard InChI is InChI=1S/C15H13.C13H8Cl2.C12H19.2ClH.Zr/c1-10-3-5-14-12(7-10)9-13-8-11(2)4-6-15(13)14;14-12-5-1-10(2-6-12)9-11-3-7-13(15)8-4-11;1-5-6-10-7-8-11(9-10)12(2,3)4;;;/h3-9H,1-2H3;1-8H;8-10H,5-6H2,1-4H3;2*1H;/q;;;;;+2/p-2. The van der Waals surface area contributed by atoms with Crippen LogP contribution in [0, 0.1) is 25.2 Å². The fraction of sp³-hybridized carbons (Fsp3) is 0.275. The van der Waals surface area contributed by atoms with Crippen molar-refractivity contribution in [3.8, 4) is 11.1 Å². The quantitative estimate of drug-likeness (QED) is 0.232. The van der Waals surface area contributed by atoms with Gasteiger partial charge in [-0.3, -0.25) is 0 Å². The van der Waals surface area contributed by atoms with Gasteiger partial charge in [-0.2, -0.15) is 0 Å². The molecule has 6 rings (SSSR count). The van der Waals surface area contributed by atoms with E-state index < -0.39 is 21.3 Å². The van der Waals surface area contributed by atoms with E-state index in [2.05, 4.69) is 139 Å². The van der Waals surface area contributed by atoms with Crippen LogP contribution < -0.4 is 24.8 Å². The van der Waals surface area contributed by atoms with Crippen LogP contribution in [0.15, 0.2) is 106 Å². The molecule has 5 heteroatoms. The summed E-state index contributed by atoms with van der Waals surface area (Å²) in [6.07, 6.45) is 7.60. The van der Waals surface area contributed by atoms with Crippen molar-refractivity contribution < 1.29 is 46.1 Å². The zero-order valence-corrected chi connectivity index (χ0v) is 32.3. The Morgan fingerprint density at radius 1 is 0.711 bits per heavy atom. The monoisotopic (exact) mass is 750 g/mol. The first kappa shape index (κ1) is 36.1. The Balaban J connectivity index is 0.00000230. The zero-order valence-electron chi connectivity index (χ0n) is 26.8. The van der Waals surface area contributed by atoms with E-state index in [-0.39, 0.29) is 30.2 Å². The summed E-state index contributed by atoms with van der Waals surface area (Å²) >= 11 is 10.1. The van der Waals surface area contributed by atoms with E-state index in [1.807, 2.05) is 0 Å². The maximum Gasteiger partial charge on any atom is -1.00 e. The van der Waals surface area contributed by atoms with Gasteiger partial charge in [-0.05, 0) is 0 Å². The Kier molecular flexibility index (Phi) is 11.7. The smallest absolute Gasteiger partial charge is 1.00 e. The van der Waals surface area contributed by atoms with E-state index in [1.165, 1.54) is 66.1 Å². The van der Waals surface area contributed by atoms with E-state index >= 15 is 0 Å². The molecule has 1 unspecified atom stereocenters. The van der Waals surface area contributed by atoms with Crippen molar-refractivity contribution in [3.05, 3.63) is 149 Å². The van der Waals surface area contributed by atoms with E-state index in [9.17, 15) is 0 Å². The van der Waals surface area contributed by atoms with Crippen molar-refractivity contribution in [2.45, 2.75) is 58.0 Å². The van der Waals surface area contributed by atoms with Gasteiger partial charge in [0.05, 0.1) is 0 Å². The molecule has 0 aliphatic heterocycles. The van der Waals surface area contributed by atoms with Gasteiger partial charge in [-0.15, -0.1) is 0 Å². The largest absolute Gasteiger partial charge is 1.00 e. The van der Waals surface area contributed by atoms with Crippen molar-refractivity contribution in [3.63, 3.8) is 0 Å². The Hall–Kier alpha value is -1.73. The van der Waals surface area contributed by atoms with Crippen LogP contribution in [0.4, 0.5) is 0 Å². The van der Waals surface area contributed by atoms with E-state index in [4.69, 9.17) is 23.2 Å². The van der Waals surface area contributed by atoms with Gasteiger partial charge in [0.2, 0.25) is 0 Å². The third kappa shape index (κ3) is 7.25. The summed E-state index contributed by atoms with van der Waals surface area (Å²) in [7, 11) is 0. The number of hydrogen-bond acceptors (Lipinski definition) is 0. The molecule has 0 aromatic heterocycles. The Morgan fingerprint density at radius 2 is 1.18 bits per heavy atom. The minimum absolute atomic E-state index is 0. The van der Waals surface area contributed by atoms with Crippen LogP contribution >= 0.6 is 23.2 Å². The first-order chi connectivity index (χ1) is 20.5. The van der Waals surface area contributed by atoms with Crippen LogP contribution in [0.3, 0.4) is 0 Å². The Morgan fingerprint density at radius 3 is 1.60 bits per heavy atom. The van der Waals surface area contributed by atoms with Crippen LogP contribution in [0.25, 0.3) is 11.1 Å². The predicted octanol–water partition coefficient (Wildman–Crippen LogP) is 5.86. The van der Waals surface area contributed by atoms with Gasteiger partial charge in [-0.25, -0.2) is 0 Å². The van der Waals surface area contributed by atoms with Crippen molar-refractivity contribution in [2.75, 3.05) is 0 Å². The van der Waals surface area contributed by atoms with Crippen molar-refractivity contribution >= 4 is 26.4 Å². The SMILES string of the molecule is CCCC1C=C(C(C)(C)C)C=[C]1[Zr+2](=[C](c1ccc(Cl)cc1)c1ccc(Cl)cc1)[CH]1c2cc(C)ccc2-c2ccc(C)cc21.[Cl-].[Cl-]. The molecular formula is C40H40Cl4Zr. The van der Waals surface area contributed by atoms with Gasteiger partial charge < -0.3 is 24.8 Å². The van der Waals surface area contributed by atoms with Crippen LogP contribution in [0.2, 0.25) is 10.0 Å². The van der Waals surface area contributed by atoms with E-state index in [0.29, 0.717) is 9.54 Å². The molecule has 0 bridgehead atoms. The van der Waals surface area contributed by atoms with Gasteiger partial charge in [-0.1, -0.05) is 0 Å². The van der Waals surface area contributed by atoms with Crippen molar-refractivity contribution in [1.29, 1.82) is 0 Å². The van der Waals surface area contributed by atoms with Gasteiger partial charge in [0.1, 0.15) is 0 Å². The summed E-state index contributed by atoms with van der Waals surface area (Å²) < 4.78 is 3.60. The molecule has 0 heterocycles. The maximum atomic E-state index is 6.49. The summed E-state index contributed by atoms with van der Waals surface area (Å²) in [4.78, 5) is 0. The average Bonchev–Trinajstić information content (AvgIpc) is 3.52. The second-order valence-corrected chi connectivity index (χ2v) is 20.3. The molecule has 232 valence electrons. The average molecular weight is 754 g/mol. The molecule has 1 atom stereocenters. The molecular weight excluding hydrogens is 713 g/mol. The number of rotatable bonds is 6. The Bertz CT molecular complexity index is 1690. The minimum Gasteiger partial charge on any atom is -1.00 e. The minimum atomic E-state index is -2.90. The number of aryl methyl sites for hydroxylation is 2. The number of allylic oxidation sites excluding steroid dienone is 4. The molecule has 0 fully saturated rings. The third-order valence-electron chi connectivity index (χ3n) is 9.02. The molecule has 2 aliphatic carbocycles. The number of benzene rings is 4. The van der Waals surface area contributed by atoms with E-state index in [0.717, 1.165) is 10.0 Å². The van der Waals surface area contributed by atoms with Crippen molar-refractivity contribution in [1.82, 2.24) is 0 Å². The molecule has 0 radical (unpaired) electrons. The van der Waals surface area contributed by atoms with Crippen LogP contribution in [0.1, 0.15) is 77.5 Å². The molecule has 4 aromatic rings. The van der Waals surface area contributed by atoms with Crippen LogP contribution in [-0.2, 0) is 21.3 Å². The topological polar surface area (TPSA) is 0 Å². The number of halogens is 4. The second-order valence-electron chi connectivity index (χ2n) is 13.3. The fourth-order valence-corrected chi connectivity index (χ4v) is 16.7. The third-order valence-corrected chi connectivity index (χ3v) is 18.0. The van der Waals surface area contributed by atoms with Gasteiger partial charge in [0.15, 0.2) is 0 Å². The summed E-state index contributed by atoms with van der Waals surface area (Å²) in [5.74, 6) is 0.463. The van der Waals surface area contributed by atoms with Crippen LogP contribution in [-0.4, -0.2) is 3.21 Å². The van der Waals surface area contributed by atoms with Gasteiger partial charge >= 0.3 is 278 Å². The molecule has 0 saturated carbocycles. The molecule has 0 N–H and O–H groups in total. The van der Waals surface area contributed by atoms with Crippen LogP contribution in [0.5, 0.6) is 0 Å². The van der Waals surface area contributed by atoms with E-state index in [1.54, 1.807) is 3.28 Å². The molecule has 0 spiro atoms. The first-order valence-corrected chi connectivity index (χ1v) is 20.1.